The van der Waals surface area contributed by atoms with Crippen LogP contribution >= 0.6 is 0 Å². The quantitative estimate of drug-likeness (QED) is 0.796. The van der Waals surface area contributed by atoms with E-state index >= 15 is 0 Å². The second-order valence-electron chi connectivity index (χ2n) is 5.48. The molecule has 0 unspecified atom stereocenters. The lowest BCUT2D eigenvalue weighted by atomic mass is 9.94. The molecule has 2 amide bonds. The van der Waals surface area contributed by atoms with E-state index in [0.717, 1.165) is 6.26 Å². The van der Waals surface area contributed by atoms with Crippen LogP contribution in [-0.4, -0.2) is 40.3 Å². The summed E-state index contributed by atoms with van der Waals surface area (Å²) in [6, 6.07) is 5.37. The van der Waals surface area contributed by atoms with Crippen molar-refractivity contribution in [2.75, 3.05) is 25.2 Å². The summed E-state index contributed by atoms with van der Waals surface area (Å²) in [5, 5.41) is 5.06. The zero-order chi connectivity index (χ0) is 17.0. The first kappa shape index (κ1) is 18.0. The maximum Gasteiger partial charge on any atom is 0.319 e. The van der Waals surface area contributed by atoms with E-state index in [4.69, 9.17) is 0 Å². The Balaban J connectivity index is 2.69. The molecule has 0 fully saturated rings. The van der Waals surface area contributed by atoms with Gasteiger partial charge in [0.2, 0.25) is 0 Å². The fourth-order valence-electron chi connectivity index (χ4n) is 1.63. The van der Waals surface area contributed by atoms with Crippen molar-refractivity contribution in [3.05, 3.63) is 24.3 Å². The topological polar surface area (TPSA) is 102 Å². The summed E-state index contributed by atoms with van der Waals surface area (Å²) in [6.45, 7) is 3.37. The summed E-state index contributed by atoms with van der Waals surface area (Å²) in [5.74, 6) is -0.438. The molecule has 8 heteroatoms. The maximum absolute atomic E-state index is 11.8. The highest BCUT2D eigenvalue weighted by Gasteiger charge is 2.29. The Morgan fingerprint density at radius 2 is 1.91 bits per heavy atom. The third-order valence-electron chi connectivity index (χ3n) is 2.95. The van der Waals surface area contributed by atoms with Crippen molar-refractivity contribution in [3.8, 4) is 0 Å². The molecule has 122 valence electrons. The molecular weight excluding hydrogens is 308 g/mol. The average molecular weight is 328 g/mol. The monoisotopic (exact) mass is 328 g/mol. The molecule has 0 bridgehead atoms. The van der Waals surface area contributed by atoms with Crippen LogP contribution in [0.5, 0.6) is 0 Å². The largest absolute Gasteiger partial charge is 0.469 e. The molecule has 0 atom stereocenters. The smallest absolute Gasteiger partial charge is 0.319 e. The van der Waals surface area contributed by atoms with E-state index in [1.165, 1.54) is 25.3 Å². The van der Waals surface area contributed by atoms with Crippen molar-refractivity contribution in [2.24, 2.45) is 5.41 Å². The van der Waals surface area contributed by atoms with E-state index in [0.29, 0.717) is 5.69 Å². The van der Waals surface area contributed by atoms with Gasteiger partial charge in [0, 0.05) is 18.5 Å². The summed E-state index contributed by atoms with van der Waals surface area (Å²) < 4.78 is 27.6. The predicted octanol–water partition coefficient (Wildman–Crippen LogP) is 1.41. The third kappa shape index (κ3) is 5.03. The molecule has 0 radical (unpaired) electrons. The van der Waals surface area contributed by atoms with E-state index in [1.807, 2.05) is 0 Å². The van der Waals surface area contributed by atoms with Crippen molar-refractivity contribution in [2.45, 2.75) is 18.7 Å². The van der Waals surface area contributed by atoms with Crippen molar-refractivity contribution in [1.29, 1.82) is 0 Å². The number of amides is 2. The molecule has 1 aromatic carbocycles. The van der Waals surface area contributed by atoms with Crippen LogP contribution in [0.15, 0.2) is 29.2 Å². The second-order valence-corrected chi connectivity index (χ2v) is 7.50. The Morgan fingerprint density at radius 1 is 1.27 bits per heavy atom. The molecule has 1 aromatic rings. The summed E-state index contributed by atoms with van der Waals surface area (Å²) in [4.78, 5) is 23.4. The van der Waals surface area contributed by atoms with Gasteiger partial charge in [0.1, 0.15) is 0 Å². The van der Waals surface area contributed by atoms with E-state index < -0.39 is 27.3 Å². The molecule has 0 aliphatic heterocycles. The number of methoxy groups -OCH3 is 1. The number of benzene rings is 1. The average Bonchev–Trinajstić information content (AvgIpc) is 2.43. The zero-order valence-corrected chi connectivity index (χ0v) is 13.8. The second kappa shape index (κ2) is 6.78. The number of carbonyl (C=O) groups is 2. The molecule has 0 heterocycles. The number of rotatable bonds is 5. The number of urea groups is 1. The lowest BCUT2D eigenvalue weighted by molar-refractivity contribution is -0.150. The van der Waals surface area contributed by atoms with Gasteiger partial charge in [0.25, 0.3) is 0 Å². The third-order valence-corrected chi connectivity index (χ3v) is 4.06. The summed E-state index contributed by atoms with van der Waals surface area (Å²) in [7, 11) is -2.07. The van der Waals surface area contributed by atoms with Crippen molar-refractivity contribution >= 4 is 27.5 Å². The minimum absolute atomic E-state index is 0.0806. The van der Waals surface area contributed by atoms with Gasteiger partial charge < -0.3 is 15.4 Å². The normalized spacial score (nSPS) is 11.6. The highest BCUT2D eigenvalue weighted by molar-refractivity contribution is 7.90. The zero-order valence-electron chi connectivity index (χ0n) is 13.0. The molecular formula is C14H20N2O5S. The first-order chi connectivity index (χ1) is 10.1. The van der Waals surface area contributed by atoms with Crippen LogP contribution in [-0.2, 0) is 19.4 Å². The van der Waals surface area contributed by atoms with Crippen LogP contribution in [0.3, 0.4) is 0 Å². The lowest BCUT2D eigenvalue weighted by Crippen LogP contribution is -2.41. The number of ether oxygens (including phenoxy) is 1. The molecule has 22 heavy (non-hydrogen) atoms. The minimum atomic E-state index is -3.34. The Hall–Kier alpha value is -2.09. The minimum Gasteiger partial charge on any atom is -0.469 e. The number of hydrogen-bond donors (Lipinski definition) is 2. The molecule has 0 saturated carbocycles. The lowest BCUT2D eigenvalue weighted by Gasteiger charge is -2.21. The number of carbonyl (C=O) groups excluding carboxylic acids is 2. The number of hydrogen-bond acceptors (Lipinski definition) is 5. The van der Waals surface area contributed by atoms with Gasteiger partial charge in [-0.25, -0.2) is 13.2 Å². The van der Waals surface area contributed by atoms with Crippen LogP contribution in [0.25, 0.3) is 0 Å². The summed E-state index contributed by atoms with van der Waals surface area (Å²) in [6.07, 6.45) is 1.09. The van der Waals surface area contributed by atoms with Gasteiger partial charge in [-0.2, -0.15) is 0 Å². The predicted molar refractivity (Wildman–Crippen MR) is 82.4 cm³/mol. The van der Waals surface area contributed by atoms with Crippen LogP contribution in [0.1, 0.15) is 13.8 Å². The van der Waals surface area contributed by atoms with Crippen LogP contribution in [0.2, 0.25) is 0 Å². The maximum atomic E-state index is 11.8. The molecule has 0 aromatic heterocycles. The fourth-order valence-corrected chi connectivity index (χ4v) is 2.30. The molecule has 0 saturated heterocycles. The SMILES string of the molecule is COC(=O)C(C)(C)CNC(=O)Nc1cccc(S(C)(=O)=O)c1. The van der Waals surface area contributed by atoms with Crippen molar-refractivity contribution in [3.63, 3.8) is 0 Å². The highest BCUT2D eigenvalue weighted by Crippen LogP contribution is 2.17. The van der Waals surface area contributed by atoms with E-state index in [9.17, 15) is 18.0 Å². The Labute approximate surface area is 130 Å². The van der Waals surface area contributed by atoms with E-state index in [1.54, 1.807) is 19.9 Å². The highest BCUT2D eigenvalue weighted by atomic mass is 32.2. The molecule has 0 aliphatic carbocycles. The van der Waals surface area contributed by atoms with Gasteiger partial charge >= 0.3 is 12.0 Å². The van der Waals surface area contributed by atoms with E-state index in [2.05, 4.69) is 15.4 Å². The van der Waals surface area contributed by atoms with Gasteiger partial charge in [-0.15, -0.1) is 0 Å². The fraction of sp³-hybridized carbons (Fsp3) is 0.429. The van der Waals surface area contributed by atoms with Crippen molar-refractivity contribution < 1.29 is 22.7 Å². The van der Waals surface area contributed by atoms with E-state index in [-0.39, 0.29) is 11.4 Å². The number of esters is 1. The molecule has 0 spiro atoms. The Bertz CT molecular complexity index is 668. The van der Waals surface area contributed by atoms with Crippen LogP contribution in [0.4, 0.5) is 10.5 Å². The first-order valence-corrected chi connectivity index (χ1v) is 8.39. The first-order valence-electron chi connectivity index (χ1n) is 6.49. The van der Waals surface area contributed by atoms with Gasteiger partial charge in [0.15, 0.2) is 9.84 Å². The molecule has 1 rings (SSSR count). The van der Waals surface area contributed by atoms with Gasteiger partial charge in [-0.3, -0.25) is 4.79 Å². The summed E-state index contributed by atoms with van der Waals surface area (Å²) in [5.41, 5.74) is -0.517. The van der Waals surface area contributed by atoms with Gasteiger partial charge in [-0.1, -0.05) is 6.07 Å². The summed E-state index contributed by atoms with van der Waals surface area (Å²) >= 11 is 0. The Morgan fingerprint density at radius 3 is 2.45 bits per heavy atom. The molecule has 2 N–H and O–H groups in total. The Kier molecular flexibility index (Phi) is 5.54. The molecule has 0 aliphatic rings. The standard InChI is InChI=1S/C14H20N2O5S/c1-14(2,12(17)21-3)9-15-13(18)16-10-6-5-7-11(8-10)22(4,19)20/h5-8H,9H2,1-4H3,(H2,15,16,18). The van der Waals surface area contributed by atoms with Gasteiger partial charge in [-0.05, 0) is 32.0 Å². The molecule has 7 nitrogen and oxygen atoms in total. The van der Waals surface area contributed by atoms with Crippen molar-refractivity contribution in [1.82, 2.24) is 5.32 Å². The van der Waals surface area contributed by atoms with Gasteiger partial charge in [0.05, 0.1) is 17.4 Å². The number of nitrogens with one attached hydrogen (secondary N) is 2. The number of sulfone groups is 1. The number of anilines is 1. The van der Waals surface area contributed by atoms with Crippen LogP contribution in [0, 0.1) is 5.41 Å². The van der Waals surface area contributed by atoms with Crippen LogP contribution < -0.4 is 10.6 Å².